The number of furan rings is 2. The zero-order valence-corrected chi connectivity index (χ0v) is 30.1. The third-order valence-electron chi connectivity index (χ3n) is 10.6. The van der Waals surface area contributed by atoms with E-state index in [1.807, 2.05) is 73.1 Å². The van der Waals surface area contributed by atoms with Crippen LogP contribution >= 0.6 is 0 Å². The van der Waals surface area contributed by atoms with Crippen LogP contribution in [0.5, 0.6) is 0 Å². The van der Waals surface area contributed by atoms with E-state index in [9.17, 15) is 0 Å². The molecule has 0 aliphatic carbocycles. The molecule has 5 nitrogen and oxygen atoms in total. The molecule has 262 valence electrons. The highest BCUT2D eigenvalue weighted by Gasteiger charge is 2.17. The molecule has 0 spiro atoms. The fourth-order valence-electron chi connectivity index (χ4n) is 7.85. The summed E-state index contributed by atoms with van der Waals surface area (Å²) in [5.74, 6) is 0.651. The van der Waals surface area contributed by atoms with Crippen molar-refractivity contribution in [2.75, 3.05) is 0 Å². The number of hydrogen-bond acceptors (Lipinski definition) is 5. The summed E-state index contributed by atoms with van der Waals surface area (Å²) in [6.07, 6.45) is 3.64. The minimum Gasteiger partial charge on any atom is -0.456 e. The van der Waals surface area contributed by atoms with Gasteiger partial charge in [0.1, 0.15) is 22.3 Å². The number of nitrogens with zero attached hydrogens (tertiary/aromatic N) is 3. The van der Waals surface area contributed by atoms with E-state index in [2.05, 4.69) is 120 Å². The second-order valence-corrected chi connectivity index (χ2v) is 14.0. The van der Waals surface area contributed by atoms with Crippen molar-refractivity contribution < 1.29 is 8.83 Å². The second-order valence-electron chi connectivity index (χ2n) is 14.0. The van der Waals surface area contributed by atoms with E-state index in [-0.39, 0.29) is 0 Å². The molecule has 0 N–H and O–H groups in total. The van der Waals surface area contributed by atoms with Gasteiger partial charge in [-0.2, -0.15) is 0 Å². The van der Waals surface area contributed by atoms with Gasteiger partial charge in [-0.25, -0.2) is 9.97 Å². The lowest BCUT2D eigenvalue weighted by atomic mass is 9.93. The zero-order valence-electron chi connectivity index (χ0n) is 30.1. The Kier molecular flexibility index (Phi) is 7.42. The molecule has 0 saturated carbocycles. The molecule has 11 aromatic rings. The Morgan fingerprint density at radius 2 is 0.804 bits per heavy atom. The van der Waals surface area contributed by atoms with Gasteiger partial charge in [0.15, 0.2) is 5.82 Å². The first kappa shape index (κ1) is 31.9. The molecule has 0 aliphatic heterocycles. The zero-order chi connectivity index (χ0) is 37.0. The summed E-state index contributed by atoms with van der Waals surface area (Å²) >= 11 is 0. The van der Waals surface area contributed by atoms with E-state index in [4.69, 9.17) is 18.8 Å². The first-order chi connectivity index (χ1) is 27.7. The fourth-order valence-corrected chi connectivity index (χ4v) is 7.85. The molecule has 0 unspecified atom stereocenters. The molecule has 0 bridgehead atoms. The smallest absolute Gasteiger partial charge is 0.161 e. The maximum Gasteiger partial charge on any atom is 0.161 e. The van der Waals surface area contributed by atoms with Gasteiger partial charge in [0.2, 0.25) is 0 Å². The lowest BCUT2D eigenvalue weighted by Crippen LogP contribution is -1.98. The average molecular weight is 718 g/mol. The maximum absolute atomic E-state index is 6.22. The van der Waals surface area contributed by atoms with Crippen LogP contribution < -0.4 is 0 Å². The number of fused-ring (bicyclic) bond motifs is 6. The standard InChI is InChI=1S/C51H31N3O2/c1-2-10-33(11-3-1)45-31-46(54-51(53-45)42-15-5-4-12-39(42)32-22-24-52-25-23-32)38-27-36(34-18-20-49-43(29-34)40-13-6-8-16-47(40)55-49)26-37(28-38)35-19-21-50-44(30-35)41-14-7-9-17-48(41)56-50/h1-31H. The van der Waals surface area contributed by atoms with Crippen LogP contribution in [0.2, 0.25) is 0 Å². The maximum atomic E-state index is 6.22. The van der Waals surface area contributed by atoms with Gasteiger partial charge in [-0.3, -0.25) is 4.98 Å². The molecule has 4 heterocycles. The highest BCUT2D eigenvalue weighted by molar-refractivity contribution is 6.07. The fraction of sp³-hybridized carbons (Fsp3) is 0. The van der Waals surface area contributed by atoms with E-state index in [0.717, 1.165) is 105 Å². The summed E-state index contributed by atoms with van der Waals surface area (Å²) in [6, 6.07) is 60.9. The third kappa shape index (κ3) is 5.53. The van der Waals surface area contributed by atoms with Gasteiger partial charge in [0, 0.05) is 50.6 Å². The van der Waals surface area contributed by atoms with Crippen molar-refractivity contribution in [3.05, 3.63) is 188 Å². The molecule has 7 aromatic carbocycles. The van der Waals surface area contributed by atoms with Crippen LogP contribution in [0, 0.1) is 0 Å². The Labute approximate surface area is 322 Å². The Hall–Kier alpha value is -7.63. The van der Waals surface area contributed by atoms with Gasteiger partial charge in [-0.1, -0.05) is 103 Å². The molecular formula is C51H31N3O2. The van der Waals surface area contributed by atoms with Crippen molar-refractivity contribution in [1.29, 1.82) is 0 Å². The molecule has 11 rings (SSSR count). The number of pyridine rings is 1. The highest BCUT2D eigenvalue weighted by atomic mass is 16.3. The van der Waals surface area contributed by atoms with Crippen molar-refractivity contribution in [1.82, 2.24) is 15.0 Å². The second kappa shape index (κ2) is 13.0. The topological polar surface area (TPSA) is 65.0 Å². The molecular weight excluding hydrogens is 687 g/mol. The first-order valence-corrected chi connectivity index (χ1v) is 18.6. The van der Waals surface area contributed by atoms with Gasteiger partial charge < -0.3 is 8.83 Å². The largest absolute Gasteiger partial charge is 0.456 e. The van der Waals surface area contributed by atoms with Crippen molar-refractivity contribution in [3.8, 4) is 67.3 Å². The third-order valence-corrected chi connectivity index (χ3v) is 10.6. The number of hydrogen-bond donors (Lipinski definition) is 0. The molecule has 0 radical (unpaired) electrons. The van der Waals surface area contributed by atoms with Crippen molar-refractivity contribution in [2.45, 2.75) is 0 Å². The number of rotatable bonds is 6. The average Bonchev–Trinajstić information content (AvgIpc) is 3.84. The van der Waals surface area contributed by atoms with Crippen LogP contribution in [0.15, 0.2) is 197 Å². The van der Waals surface area contributed by atoms with Gasteiger partial charge in [-0.05, 0) is 106 Å². The minimum atomic E-state index is 0.651. The molecule has 56 heavy (non-hydrogen) atoms. The molecule has 0 amide bonds. The molecule has 0 fully saturated rings. The predicted octanol–water partition coefficient (Wildman–Crippen LogP) is 13.7. The highest BCUT2D eigenvalue weighted by Crippen LogP contribution is 2.40. The van der Waals surface area contributed by atoms with Gasteiger partial charge in [-0.15, -0.1) is 0 Å². The Bertz CT molecular complexity index is 3120. The molecule has 0 saturated heterocycles. The van der Waals surface area contributed by atoms with Crippen LogP contribution in [-0.2, 0) is 0 Å². The van der Waals surface area contributed by atoms with Crippen LogP contribution in [0.4, 0.5) is 0 Å². The monoisotopic (exact) mass is 717 g/mol. The van der Waals surface area contributed by atoms with E-state index >= 15 is 0 Å². The SMILES string of the molecule is c1ccc(-c2cc(-c3cc(-c4ccc5oc6ccccc6c5c4)cc(-c4ccc5oc6ccccc6c5c4)c3)nc(-c3ccccc3-c3ccncc3)n2)cc1. The summed E-state index contributed by atoms with van der Waals surface area (Å²) < 4.78 is 12.4. The number of benzene rings is 7. The summed E-state index contributed by atoms with van der Waals surface area (Å²) in [6.45, 7) is 0. The van der Waals surface area contributed by atoms with Gasteiger partial charge in [0.05, 0.1) is 11.4 Å². The Morgan fingerprint density at radius 3 is 1.43 bits per heavy atom. The molecule has 0 aliphatic rings. The van der Waals surface area contributed by atoms with Crippen LogP contribution in [0.25, 0.3) is 111 Å². The van der Waals surface area contributed by atoms with Gasteiger partial charge in [0.25, 0.3) is 0 Å². The van der Waals surface area contributed by atoms with Crippen molar-refractivity contribution >= 4 is 43.9 Å². The summed E-state index contributed by atoms with van der Waals surface area (Å²) in [7, 11) is 0. The molecule has 5 heteroatoms. The lowest BCUT2D eigenvalue weighted by molar-refractivity contribution is 0.668. The summed E-state index contributed by atoms with van der Waals surface area (Å²) in [5, 5.41) is 4.36. The summed E-state index contributed by atoms with van der Waals surface area (Å²) in [5.41, 5.74) is 14.5. The molecule has 0 atom stereocenters. The predicted molar refractivity (Wildman–Crippen MR) is 227 cm³/mol. The Morgan fingerprint density at radius 1 is 0.304 bits per heavy atom. The number of aromatic nitrogens is 3. The Balaban J connectivity index is 1.15. The minimum absolute atomic E-state index is 0.651. The first-order valence-electron chi connectivity index (χ1n) is 18.6. The number of para-hydroxylation sites is 2. The van der Waals surface area contributed by atoms with Crippen molar-refractivity contribution in [3.63, 3.8) is 0 Å². The van der Waals surface area contributed by atoms with E-state index in [1.54, 1.807) is 0 Å². The lowest BCUT2D eigenvalue weighted by Gasteiger charge is -2.15. The quantitative estimate of drug-likeness (QED) is 0.171. The summed E-state index contributed by atoms with van der Waals surface area (Å²) in [4.78, 5) is 14.8. The van der Waals surface area contributed by atoms with Crippen molar-refractivity contribution in [2.24, 2.45) is 0 Å². The van der Waals surface area contributed by atoms with Crippen LogP contribution in [-0.4, -0.2) is 15.0 Å². The van der Waals surface area contributed by atoms with Crippen LogP contribution in [0.1, 0.15) is 0 Å². The van der Waals surface area contributed by atoms with E-state index < -0.39 is 0 Å². The van der Waals surface area contributed by atoms with Crippen LogP contribution in [0.3, 0.4) is 0 Å². The normalized spacial score (nSPS) is 11.6. The van der Waals surface area contributed by atoms with E-state index in [1.165, 1.54) is 0 Å². The van der Waals surface area contributed by atoms with E-state index in [0.29, 0.717) is 5.82 Å². The molecule has 4 aromatic heterocycles. The van der Waals surface area contributed by atoms with Gasteiger partial charge >= 0.3 is 0 Å².